The van der Waals surface area contributed by atoms with E-state index in [4.69, 9.17) is 4.74 Å². The maximum Gasteiger partial charge on any atom is 0.107 e. The molecular formula is C14H19NO. The highest BCUT2D eigenvalue weighted by molar-refractivity contribution is 5.36. The molecule has 2 fully saturated rings. The highest BCUT2D eigenvalue weighted by Gasteiger charge is 2.47. The van der Waals surface area contributed by atoms with Gasteiger partial charge in [-0.25, -0.2) is 0 Å². The standard InChI is InChI=1S/C14H19NO/c1-3-11-6-12(5-4-10(11)2)14-7-13(8-16-14)15-9-14/h4-6,13,15H,3,7-9H2,1-2H3/t13-,14-/m1/s1. The van der Waals surface area contributed by atoms with Crippen molar-refractivity contribution in [2.75, 3.05) is 13.2 Å². The summed E-state index contributed by atoms with van der Waals surface area (Å²) in [5.41, 5.74) is 4.18. The lowest BCUT2D eigenvalue weighted by Gasteiger charge is -2.28. The second-order valence-electron chi connectivity index (χ2n) is 5.08. The van der Waals surface area contributed by atoms with Crippen LogP contribution in [-0.2, 0) is 16.8 Å². The summed E-state index contributed by atoms with van der Waals surface area (Å²) in [4.78, 5) is 0. The number of hydrogen-bond donors (Lipinski definition) is 1. The molecule has 2 saturated heterocycles. The SMILES string of the molecule is CCc1cc([C@@]23CN[C@@H](CO2)C3)ccc1C. The Morgan fingerprint density at radius 2 is 2.38 bits per heavy atom. The maximum absolute atomic E-state index is 6.00. The third-order valence-electron chi connectivity index (χ3n) is 4.07. The average Bonchev–Trinajstić information content (AvgIpc) is 2.90. The number of aryl methyl sites for hydroxylation is 2. The third-order valence-corrected chi connectivity index (χ3v) is 4.07. The first-order chi connectivity index (χ1) is 7.73. The van der Waals surface area contributed by atoms with Crippen LogP contribution in [0.4, 0.5) is 0 Å². The smallest absolute Gasteiger partial charge is 0.107 e. The summed E-state index contributed by atoms with van der Waals surface area (Å²) >= 11 is 0. The summed E-state index contributed by atoms with van der Waals surface area (Å²) in [5.74, 6) is 0. The fourth-order valence-electron chi connectivity index (χ4n) is 2.98. The molecule has 2 heteroatoms. The van der Waals surface area contributed by atoms with Crippen LogP contribution >= 0.6 is 0 Å². The van der Waals surface area contributed by atoms with Gasteiger partial charge in [0.2, 0.25) is 0 Å². The van der Waals surface area contributed by atoms with Crippen LogP contribution in [0.5, 0.6) is 0 Å². The first-order valence-corrected chi connectivity index (χ1v) is 6.21. The van der Waals surface area contributed by atoms with E-state index in [9.17, 15) is 0 Å². The van der Waals surface area contributed by atoms with Crippen molar-refractivity contribution >= 4 is 0 Å². The molecule has 2 aliphatic heterocycles. The van der Waals surface area contributed by atoms with E-state index in [1.54, 1.807) is 0 Å². The normalized spacial score (nSPS) is 32.2. The van der Waals surface area contributed by atoms with Crippen LogP contribution in [0.15, 0.2) is 18.2 Å². The molecule has 0 saturated carbocycles. The number of morpholine rings is 1. The molecule has 1 aromatic rings. The molecule has 0 unspecified atom stereocenters. The quantitative estimate of drug-likeness (QED) is 0.819. The molecule has 2 bridgehead atoms. The Hall–Kier alpha value is -0.860. The van der Waals surface area contributed by atoms with Crippen LogP contribution in [0.1, 0.15) is 30.0 Å². The molecule has 3 rings (SSSR count). The first-order valence-electron chi connectivity index (χ1n) is 6.21. The molecule has 2 nitrogen and oxygen atoms in total. The zero-order valence-electron chi connectivity index (χ0n) is 10.0. The minimum atomic E-state index is -0.0255. The fraction of sp³-hybridized carbons (Fsp3) is 0.571. The lowest BCUT2D eigenvalue weighted by Crippen LogP contribution is -2.37. The van der Waals surface area contributed by atoms with Crippen molar-refractivity contribution in [1.29, 1.82) is 0 Å². The molecule has 2 atom stereocenters. The van der Waals surface area contributed by atoms with Crippen molar-refractivity contribution in [2.24, 2.45) is 0 Å². The summed E-state index contributed by atoms with van der Waals surface area (Å²) in [6.45, 7) is 6.25. The van der Waals surface area contributed by atoms with Crippen LogP contribution in [-0.4, -0.2) is 19.2 Å². The van der Waals surface area contributed by atoms with E-state index in [1.165, 1.54) is 16.7 Å². The van der Waals surface area contributed by atoms with Crippen molar-refractivity contribution in [3.63, 3.8) is 0 Å². The fourth-order valence-corrected chi connectivity index (χ4v) is 2.98. The predicted molar refractivity (Wildman–Crippen MR) is 64.6 cm³/mol. The van der Waals surface area contributed by atoms with Gasteiger partial charge in [0.05, 0.1) is 6.61 Å². The number of rotatable bonds is 2. The van der Waals surface area contributed by atoms with Gasteiger partial charge in [-0.1, -0.05) is 25.1 Å². The van der Waals surface area contributed by atoms with Crippen molar-refractivity contribution < 1.29 is 4.74 Å². The lowest BCUT2D eigenvalue weighted by molar-refractivity contribution is -0.00963. The van der Waals surface area contributed by atoms with Crippen LogP contribution in [0.3, 0.4) is 0 Å². The van der Waals surface area contributed by atoms with Crippen molar-refractivity contribution in [3.8, 4) is 0 Å². The summed E-state index contributed by atoms with van der Waals surface area (Å²) in [7, 11) is 0. The number of fused-ring (bicyclic) bond motifs is 2. The molecule has 0 aromatic heterocycles. The highest BCUT2D eigenvalue weighted by atomic mass is 16.5. The van der Waals surface area contributed by atoms with E-state index in [1.807, 2.05) is 0 Å². The zero-order chi connectivity index (χ0) is 11.2. The van der Waals surface area contributed by atoms with Gasteiger partial charge in [-0.05, 0) is 36.5 Å². The second kappa shape index (κ2) is 3.57. The van der Waals surface area contributed by atoms with Crippen LogP contribution < -0.4 is 5.32 Å². The largest absolute Gasteiger partial charge is 0.367 e. The molecule has 0 amide bonds. The van der Waals surface area contributed by atoms with Gasteiger partial charge in [0.25, 0.3) is 0 Å². The van der Waals surface area contributed by atoms with Gasteiger partial charge in [0, 0.05) is 12.6 Å². The second-order valence-corrected chi connectivity index (χ2v) is 5.08. The Morgan fingerprint density at radius 1 is 1.50 bits per heavy atom. The Bertz CT molecular complexity index is 405. The molecule has 86 valence electrons. The van der Waals surface area contributed by atoms with Crippen LogP contribution in [0, 0.1) is 6.92 Å². The maximum atomic E-state index is 6.00. The molecule has 16 heavy (non-hydrogen) atoms. The van der Waals surface area contributed by atoms with Crippen molar-refractivity contribution in [3.05, 3.63) is 34.9 Å². The number of nitrogens with one attached hydrogen (secondary N) is 1. The number of hydrogen-bond acceptors (Lipinski definition) is 2. The molecule has 2 heterocycles. The van der Waals surface area contributed by atoms with E-state index in [-0.39, 0.29) is 5.60 Å². The Kier molecular flexibility index (Phi) is 2.30. The minimum Gasteiger partial charge on any atom is -0.367 e. The van der Waals surface area contributed by atoms with E-state index in [0.717, 1.165) is 26.0 Å². The van der Waals surface area contributed by atoms with Crippen LogP contribution in [0.2, 0.25) is 0 Å². The van der Waals surface area contributed by atoms with Gasteiger partial charge in [0.1, 0.15) is 5.60 Å². The van der Waals surface area contributed by atoms with Crippen molar-refractivity contribution in [1.82, 2.24) is 5.32 Å². The van der Waals surface area contributed by atoms with Gasteiger partial charge >= 0.3 is 0 Å². The van der Waals surface area contributed by atoms with Gasteiger partial charge in [-0.15, -0.1) is 0 Å². The summed E-state index contributed by atoms with van der Waals surface area (Å²) in [6, 6.07) is 7.39. The van der Waals surface area contributed by atoms with Gasteiger partial charge in [0.15, 0.2) is 0 Å². The average molecular weight is 217 g/mol. The van der Waals surface area contributed by atoms with Crippen molar-refractivity contribution in [2.45, 2.75) is 38.3 Å². The number of benzene rings is 1. The predicted octanol–water partition coefficient (Wildman–Crippen LogP) is 2.14. The molecular weight excluding hydrogens is 198 g/mol. The van der Waals surface area contributed by atoms with E-state index >= 15 is 0 Å². The van der Waals surface area contributed by atoms with E-state index < -0.39 is 0 Å². The van der Waals surface area contributed by atoms with Gasteiger partial charge < -0.3 is 10.1 Å². The minimum absolute atomic E-state index is 0.0255. The summed E-state index contributed by atoms with van der Waals surface area (Å²) in [5, 5.41) is 3.52. The topological polar surface area (TPSA) is 21.3 Å². The monoisotopic (exact) mass is 217 g/mol. The Morgan fingerprint density at radius 3 is 2.94 bits per heavy atom. The van der Waals surface area contributed by atoms with Gasteiger partial charge in [-0.2, -0.15) is 0 Å². The Balaban J connectivity index is 2.00. The molecule has 2 aliphatic rings. The van der Waals surface area contributed by atoms with Gasteiger partial charge in [-0.3, -0.25) is 0 Å². The highest BCUT2D eigenvalue weighted by Crippen LogP contribution is 2.40. The first kappa shape index (κ1) is 10.3. The molecule has 1 aromatic carbocycles. The molecule has 0 aliphatic carbocycles. The number of ether oxygens (including phenoxy) is 1. The summed E-state index contributed by atoms with van der Waals surface area (Å²) in [6.07, 6.45) is 2.24. The van der Waals surface area contributed by atoms with E-state index in [0.29, 0.717) is 6.04 Å². The molecule has 0 spiro atoms. The zero-order valence-corrected chi connectivity index (χ0v) is 10.0. The summed E-state index contributed by atoms with van der Waals surface area (Å²) < 4.78 is 6.00. The van der Waals surface area contributed by atoms with E-state index in [2.05, 4.69) is 37.4 Å². The molecule has 0 radical (unpaired) electrons. The third kappa shape index (κ3) is 1.40. The van der Waals surface area contributed by atoms with Crippen LogP contribution in [0.25, 0.3) is 0 Å². The lowest BCUT2D eigenvalue weighted by atomic mass is 9.90. The molecule has 1 N–H and O–H groups in total. The Labute approximate surface area is 97.0 Å².